The standard InChI is InChI=1S/C10H18N4O/c1-3-4-6-13(2)10(15)8-14-7-5-9(11)12-14/h5,7H,3-4,6,8H2,1-2H3,(H2,11,12). The molecule has 5 heteroatoms. The third-order valence-corrected chi connectivity index (χ3v) is 2.23. The molecule has 0 radical (unpaired) electrons. The fourth-order valence-corrected chi connectivity index (χ4v) is 1.24. The largest absolute Gasteiger partial charge is 0.382 e. The lowest BCUT2D eigenvalue weighted by Crippen LogP contribution is -2.31. The van der Waals surface area contributed by atoms with Crippen LogP contribution in [-0.2, 0) is 11.3 Å². The number of nitrogens with zero attached hydrogens (tertiary/aromatic N) is 3. The maximum atomic E-state index is 11.7. The van der Waals surface area contributed by atoms with Gasteiger partial charge in [-0.3, -0.25) is 9.48 Å². The number of amides is 1. The van der Waals surface area contributed by atoms with Crippen LogP contribution in [0.5, 0.6) is 0 Å². The van der Waals surface area contributed by atoms with Crippen LogP contribution in [0.1, 0.15) is 19.8 Å². The van der Waals surface area contributed by atoms with Gasteiger partial charge in [0, 0.05) is 19.8 Å². The number of likely N-dealkylation sites (N-methyl/N-ethyl adjacent to an activating group) is 1. The summed E-state index contributed by atoms with van der Waals surface area (Å²) in [5.41, 5.74) is 5.45. The van der Waals surface area contributed by atoms with Crippen LogP contribution in [0.25, 0.3) is 0 Å². The van der Waals surface area contributed by atoms with Gasteiger partial charge in [0.25, 0.3) is 0 Å². The average Bonchev–Trinajstić information content (AvgIpc) is 2.60. The van der Waals surface area contributed by atoms with Gasteiger partial charge >= 0.3 is 0 Å². The highest BCUT2D eigenvalue weighted by Crippen LogP contribution is 1.98. The van der Waals surface area contributed by atoms with E-state index in [0.717, 1.165) is 19.4 Å². The summed E-state index contributed by atoms with van der Waals surface area (Å²) in [5, 5.41) is 3.96. The lowest BCUT2D eigenvalue weighted by molar-refractivity contribution is -0.130. The summed E-state index contributed by atoms with van der Waals surface area (Å²) in [6.07, 6.45) is 3.83. The molecule has 1 amide bonds. The van der Waals surface area contributed by atoms with Crippen LogP contribution in [-0.4, -0.2) is 34.2 Å². The van der Waals surface area contributed by atoms with Crippen molar-refractivity contribution in [2.75, 3.05) is 19.3 Å². The van der Waals surface area contributed by atoms with Gasteiger partial charge in [0.1, 0.15) is 12.4 Å². The van der Waals surface area contributed by atoms with E-state index in [2.05, 4.69) is 12.0 Å². The Kier molecular flexibility index (Phi) is 4.15. The van der Waals surface area contributed by atoms with Gasteiger partial charge in [0.2, 0.25) is 5.91 Å². The minimum Gasteiger partial charge on any atom is -0.382 e. The fourth-order valence-electron chi connectivity index (χ4n) is 1.24. The van der Waals surface area contributed by atoms with Crippen LogP contribution >= 0.6 is 0 Å². The Morgan fingerprint density at radius 1 is 1.67 bits per heavy atom. The Balaban J connectivity index is 2.41. The summed E-state index contributed by atoms with van der Waals surface area (Å²) in [4.78, 5) is 13.4. The SMILES string of the molecule is CCCCN(C)C(=O)Cn1ccc(N)n1. The van der Waals surface area contributed by atoms with Crippen LogP contribution in [0.3, 0.4) is 0 Å². The van der Waals surface area contributed by atoms with E-state index in [9.17, 15) is 4.79 Å². The van der Waals surface area contributed by atoms with E-state index >= 15 is 0 Å². The first-order chi connectivity index (χ1) is 7.13. The summed E-state index contributed by atoms with van der Waals surface area (Å²) < 4.78 is 1.56. The molecule has 0 fully saturated rings. The van der Waals surface area contributed by atoms with Crippen molar-refractivity contribution in [2.45, 2.75) is 26.3 Å². The molecular formula is C10H18N4O. The number of carbonyl (C=O) groups excluding carboxylic acids is 1. The third kappa shape index (κ3) is 3.61. The van der Waals surface area contributed by atoms with E-state index < -0.39 is 0 Å². The van der Waals surface area contributed by atoms with Gasteiger partial charge < -0.3 is 10.6 Å². The molecule has 15 heavy (non-hydrogen) atoms. The molecule has 0 saturated carbocycles. The van der Waals surface area contributed by atoms with Gasteiger partial charge in [-0.1, -0.05) is 13.3 Å². The van der Waals surface area contributed by atoms with E-state index in [1.54, 1.807) is 21.8 Å². The molecule has 0 aromatic carbocycles. The van der Waals surface area contributed by atoms with Crippen molar-refractivity contribution in [3.63, 3.8) is 0 Å². The minimum atomic E-state index is 0.0616. The van der Waals surface area contributed by atoms with Crippen molar-refractivity contribution in [1.82, 2.24) is 14.7 Å². The molecular weight excluding hydrogens is 192 g/mol. The number of carbonyl (C=O) groups is 1. The van der Waals surface area contributed by atoms with Crippen molar-refractivity contribution in [3.8, 4) is 0 Å². The summed E-state index contributed by atoms with van der Waals surface area (Å²) in [5.74, 6) is 0.505. The number of aromatic nitrogens is 2. The van der Waals surface area contributed by atoms with Crippen LogP contribution in [0, 0.1) is 0 Å². The Hall–Kier alpha value is -1.52. The van der Waals surface area contributed by atoms with Crippen molar-refractivity contribution >= 4 is 11.7 Å². The molecule has 1 aromatic heterocycles. The van der Waals surface area contributed by atoms with Gasteiger partial charge in [0.15, 0.2) is 0 Å². The van der Waals surface area contributed by atoms with Crippen molar-refractivity contribution in [1.29, 1.82) is 0 Å². The Morgan fingerprint density at radius 3 is 2.93 bits per heavy atom. The van der Waals surface area contributed by atoms with E-state index in [-0.39, 0.29) is 12.5 Å². The lowest BCUT2D eigenvalue weighted by atomic mass is 10.3. The maximum Gasteiger partial charge on any atom is 0.244 e. The number of nitrogens with two attached hydrogens (primary N) is 1. The summed E-state index contributed by atoms with van der Waals surface area (Å²) in [6.45, 7) is 3.16. The molecule has 0 unspecified atom stereocenters. The second-order valence-corrected chi connectivity index (χ2v) is 3.61. The quantitative estimate of drug-likeness (QED) is 0.779. The molecule has 1 aromatic rings. The number of hydrogen-bond donors (Lipinski definition) is 1. The van der Waals surface area contributed by atoms with Crippen molar-refractivity contribution in [2.24, 2.45) is 0 Å². The van der Waals surface area contributed by atoms with Gasteiger partial charge in [-0.25, -0.2) is 0 Å². The van der Waals surface area contributed by atoms with Gasteiger partial charge in [-0.05, 0) is 12.5 Å². The number of rotatable bonds is 5. The molecule has 0 bridgehead atoms. The molecule has 0 atom stereocenters. The van der Waals surface area contributed by atoms with E-state index in [4.69, 9.17) is 5.73 Å². The van der Waals surface area contributed by atoms with Crippen molar-refractivity contribution < 1.29 is 4.79 Å². The predicted molar refractivity (Wildman–Crippen MR) is 59.2 cm³/mol. The monoisotopic (exact) mass is 210 g/mol. The number of anilines is 1. The number of hydrogen-bond acceptors (Lipinski definition) is 3. The predicted octanol–water partition coefficient (Wildman–Crippen LogP) is 0.724. The first-order valence-electron chi connectivity index (χ1n) is 5.16. The first-order valence-corrected chi connectivity index (χ1v) is 5.16. The van der Waals surface area contributed by atoms with Gasteiger partial charge in [0.05, 0.1) is 0 Å². The van der Waals surface area contributed by atoms with Gasteiger partial charge in [-0.2, -0.15) is 5.10 Å². The number of unbranched alkanes of at least 4 members (excludes halogenated alkanes) is 1. The first kappa shape index (κ1) is 11.6. The molecule has 1 heterocycles. The molecule has 1 rings (SSSR count). The smallest absolute Gasteiger partial charge is 0.244 e. The third-order valence-electron chi connectivity index (χ3n) is 2.23. The van der Waals surface area contributed by atoms with Gasteiger partial charge in [-0.15, -0.1) is 0 Å². The Morgan fingerprint density at radius 2 is 2.40 bits per heavy atom. The zero-order valence-corrected chi connectivity index (χ0v) is 9.31. The van der Waals surface area contributed by atoms with E-state index in [1.807, 2.05) is 7.05 Å². The Bertz CT molecular complexity index is 321. The highest BCUT2D eigenvalue weighted by molar-refractivity contribution is 5.75. The summed E-state index contributed by atoms with van der Waals surface area (Å²) >= 11 is 0. The zero-order chi connectivity index (χ0) is 11.3. The molecule has 0 aliphatic rings. The second-order valence-electron chi connectivity index (χ2n) is 3.61. The summed E-state index contributed by atoms with van der Waals surface area (Å²) in [7, 11) is 1.81. The van der Waals surface area contributed by atoms with E-state index in [0.29, 0.717) is 5.82 Å². The topological polar surface area (TPSA) is 64.2 Å². The summed E-state index contributed by atoms with van der Waals surface area (Å²) in [6, 6.07) is 1.68. The number of nitrogen functional groups attached to an aromatic ring is 1. The van der Waals surface area contributed by atoms with Crippen LogP contribution < -0.4 is 5.73 Å². The Labute approximate surface area is 89.9 Å². The molecule has 2 N–H and O–H groups in total. The van der Waals surface area contributed by atoms with Crippen LogP contribution in [0.4, 0.5) is 5.82 Å². The maximum absolute atomic E-state index is 11.7. The molecule has 5 nitrogen and oxygen atoms in total. The second kappa shape index (κ2) is 5.38. The highest BCUT2D eigenvalue weighted by Gasteiger charge is 2.08. The fraction of sp³-hybridized carbons (Fsp3) is 0.600. The zero-order valence-electron chi connectivity index (χ0n) is 9.31. The van der Waals surface area contributed by atoms with Crippen molar-refractivity contribution in [3.05, 3.63) is 12.3 Å². The molecule has 84 valence electrons. The molecule has 0 saturated heterocycles. The normalized spacial score (nSPS) is 10.3. The molecule has 0 aliphatic carbocycles. The van der Waals surface area contributed by atoms with E-state index in [1.165, 1.54) is 0 Å². The minimum absolute atomic E-state index is 0.0616. The van der Waals surface area contributed by atoms with Crippen LogP contribution in [0.2, 0.25) is 0 Å². The highest BCUT2D eigenvalue weighted by atomic mass is 16.2. The van der Waals surface area contributed by atoms with Crippen LogP contribution in [0.15, 0.2) is 12.3 Å². The lowest BCUT2D eigenvalue weighted by Gasteiger charge is -2.16. The molecule has 0 spiro atoms. The average molecular weight is 210 g/mol. The molecule has 0 aliphatic heterocycles.